The van der Waals surface area contributed by atoms with Gasteiger partial charge in [-0.3, -0.25) is 9.59 Å². The van der Waals surface area contributed by atoms with Gasteiger partial charge < -0.3 is 10.6 Å². The van der Waals surface area contributed by atoms with Gasteiger partial charge in [0.15, 0.2) is 0 Å². The van der Waals surface area contributed by atoms with Gasteiger partial charge >= 0.3 is 0 Å². The van der Waals surface area contributed by atoms with Gasteiger partial charge in [-0.2, -0.15) is 0 Å². The van der Waals surface area contributed by atoms with Crippen molar-refractivity contribution in [1.29, 1.82) is 0 Å². The highest BCUT2D eigenvalue weighted by Crippen LogP contribution is 2.24. The van der Waals surface area contributed by atoms with Crippen LogP contribution in [0.4, 0.5) is 11.4 Å². The largest absolute Gasteiger partial charge is 0.322 e. The molecule has 34 heavy (non-hydrogen) atoms. The van der Waals surface area contributed by atoms with Gasteiger partial charge in [0.05, 0.1) is 0 Å². The first-order valence-electron chi connectivity index (χ1n) is 11.5. The zero-order chi connectivity index (χ0) is 25.0. The molecule has 0 spiro atoms. The van der Waals surface area contributed by atoms with Crippen molar-refractivity contribution in [2.24, 2.45) is 0 Å². The van der Waals surface area contributed by atoms with Crippen molar-refractivity contribution >= 4 is 29.3 Å². The zero-order valence-electron chi connectivity index (χ0n) is 21.2. The molecule has 176 valence electrons. The van der Waals surface area contributed by atoms with E-state index in [0.717, 1.165) is 27.8 Å². The summed E-state index contributed by atoms with van der Waals surface area (Å²) in [6.45, 7) is 14.3. The van der Waals surface area contributed by atoms with E-state index in [1.807, 2.05) is 88.4 Å². The third kappa shape index (κ3) is 6.22. The molecule has 0 fully saturated rings. The lowest BCUT2D eigenvalue weighted by Crippen LogP contribution is -2.26. The molecule has 3 aromatic carbocycles. The lowest BCUT2D eigenvalue weighted by Gasteiger charge is -2.19. The van der Waals surface area contributed by atoms with E-state index in [1.54, 1.807) is 6.08 Å². The molecule has 4 heteroatoms. The Kier molecular flexibility index (Phi) is 7.41. The summed E-state index contributed by atoms with van der Waals surface area (Å²) in [5, 5.41) is 5.83. The van der Waals surface area contributed by atoms with Crippen LogP contribution >= 0.6 is 0 Å². The molecule has 3 rings (SSSR count). The molecule has 2 amide bonds. The summed E-state index contributed by atoms with van der Waals surface area (Å²) in [6, 6.07) is 19.5. The van der Waals surface area contributed by atoms with Crippen molar-refractivity contribution in [2.45, 2.75) is 53.9 Å². The molecular weight excluding hydrogens is 420 g/mol. The van der Waals surface area contributed by atoms with Gasteiger partial charge in [-0.15, -0.1) is 0 Å². The lowest BCUT2D eigenvalue weighted by molar-refractivity contribution is -0.118. The van der Waals surface area contributed by atoms with Crippen molar-refractivity contribution in [3.8, 4) is 0 Å². The fourth-order valence-electron chi connectivity index (χ4n) is 3.77. The summed E-state index contributed by atoms with van der Waals surface area (Å²) < 4.78 is 0. The fraction of sp³-hybridized carbons (Fsp3) is 0.267. The minimum Gasteiger partial charge on any atom is -0.322 e. The monoisotopic (exact) mass is 454 g/mol. The Morgan fingerprint density at radius 2 is 1.12 bits per heavy atom. The number of carbonyl (C=O) groups is 2. The van der Waals surface area contributed by atoms with Crippen molar-refractivity contribution in [3.05, 3.63) is 99.6 Å². The highest BCUT2D eigenvalue weighted by molar-refractivity contribution is 6.29. The van der Waals surface area contributed by atoms with E-state index < -0.39 is 11.8 Å². The normalized spacial score (nSPS) is 11.0. The second-order valence-corrected chi connectivity index (χ2v) is 9.98. The highest BCUT2D eigenvalue weighted by Gasteiger charge is 2.21. The summed E-state index contributed by atoms with van der Waals surface area (Å²) in [5.41, 5.74) is 7.51. The Morgan fingerprint density at radius 1 is 0.676 bits per heavy atom. The molecule has 0 bridgehead atoms. The van der Waals surface area contributed by atoms with Gasteiger partial charge in [0.1, 0.15) is 5.57 Å². The minimum atomic E-state index is -0.450. The van der Waals surface area contributed by atoms with Crippen molar-refractivity contribution < 1.29 is 9.59 Å². The Bertz CT molecular complexity index is 1180. The smallest absolute Gasteiger partial charge is 0.261 e. The molecular formula is C30H34N2O2. The van der Waals surface area contributed by atoms with Crippen molar-refractivity contribution in [1.82, 2.24) is 0 Å². The van der Waals surface area contributed by atoms with Crippen LogP contribution in [0.15, 0.2) is 66.2 Å². The molecule has 0 aliphatic heterocycles. The first-order valence-corrected chi connectivity index (χ1v) is 11.5. The number of hydrogen-bond donors (Lipinski definition) is 2. The number of hydrogen-bond acceptors (Lipinski definition) is 2. The summed E-state index contributed by atoms with van der Waals surface area (Å²) in [7, 11) is 0. The molecule has 0 aliphatic carbocycles. The number of aryl methyl sites for hydroxylation is 4. The molecule has 0 aliphatic rings. The average Bonchev–Trinajstić information content (AvgIpc) is 2.75. The van der Waals surface area contributed by atoms with E-state index in [0.29, 0.717) is 11.4 Å². The van der Waals surface area contributed by atoms with Gasteiger partial charge in [0.2, 0.25) is 0 Å². The molecule has 0 radical (unpaired) electrons. The Labute approximate surface area is 203 Å². The zero-order valence-corrected chi connectivity index (χ0v) is 21.2. The molecule has 0 unspecified atom stereocenters. The maximum absolute atomic E-state index is 13.3. The fourth-order valence-corrected chi connectivity index (χ4v) is 3.77. The van der Waals surface area contributed by atoms with Crippen LogP contribution in [0, 0.1) is 27.7 Å². The van der Waals surface area contributed by atoms with Gasteiger partial charge in [-0.25, -0.2) is 0 Å². The number of carbonyl (C=O) groups excluding carboxylic acids is 2. The second kappa shape index (κ2) is 10.1. The third-order valence-electron chi connectivity index (χ3n) is 5.84. The topological polar surface area (TPSA) is 58.2 Å². The second-order valence-electron chi connectivity index (χ2n) is 9.98. The predicted octanol–water partition coefficient (Wildman–Crippen LogP) is 6.88. The summed E-state index contributed by atoms with van der Waals surface area (Å²) in [4.78, 5) is 26.6. The molecule has 0 atom stereocenters. The quantitative estimate of drug-likeness (QED) is 0.251. The Hall–Kier alpha value is -3.66. The number of benzene rings is 3. The van der Waals surface area contributed by atoms with Gasteiger partial charge in [-0.05, 0) is 73.6 Å². The molecule has 4 nitrogen and oxygen atoms in total. The number of amides is 2. The van der Waals surface area contributed by atoms with Crippen LogP contribution in [-0.4, -0.2) is 11.8 Å². The van der Waals surface area contributed by atoms with Gasteiger partial charge in [0, 0.05) is 11.4 Å². The van der Waals surface area contributed by atoms with Crippen LogP contribution < -0.4 is 10.6 Å². The van der Waals surface area contributed by atoms with Crippen LogP contribution in [-0.2, 0) is 15.0 Å². The van der Waals surface area contributed by atoms with Crippen molar-refractivity contribution in [3.63, 3.8) is 0 Å². The van der Waals surface area contributed by atoms with E-state index in [1.165, 1.54) is 5.56 Å². The maximum atomic E-state index is 13.3. The van der Waals surface area contributed by atoms with Crippen LogP contribution in [0.2, 0.25) is 0 Å². The van der Waals surface area contributed by atoms with Crippen molar-refractivity contribution in [2.75, 3.05) is 10.6 Å². The van der Waals surface area contributed by atoms with Gasteiger partial charge in [-0.1, -0.05) is 80.4 Å². The van der Waals surface area contributed by atoms with E-state index in [4.69, 9.17) is 0 Å². The predicted molar refractivity (Wildman–Crippen MR) is 142 cm³/mol. The molecule has 3 aromatic rings. The lowest BCUT2D eigenvalue weighted by atomic mass is 9.86. The SMILES string of the molecule is Cc1ccc(NC(=O)C(=Cc2ccc(C(C)(C)C)cc2)C(=O)Nc2ccc(C)cc2C)c(C)c1. The van der Waals surface area contributed by atoms with Gasteiger partial charge in [0.25, 0.3) is 11.8 Å². The van der Waals surface area contributed by atoms with E-state index >= 15 is 0 Å². The summed E-state index contributed by atoms with van der Waals surface area (Å²) in [6.07, 6.45) is 1.64. The highest BCUT2D eigenvalue weighted by atomic mass is 16.2. The number of anilines is 2. The van der Waals surface area contributed by atoms with Crippen LogP contribution in [0.5, 0.6) is 0 Å². The first-order chi connectivity index (χ1) is 15.9. The minimum absolute atomic E-state index is 0.0196. The Balaban J connectivity index is 1.96. The standard InChI is InChI=1S/C30H34N2O2/c1-19-8-14-26(21(3)16-19)31-28(33)25(18-23-10-12-24(13-11-23)30(5,6)7)29(34)32-27-15-9-20(2)17-22(27)4/h8-18H,1-7H3,(H,31,33)(H,32,34). The van der Waals surface area contributed by atoms with Crippen LogP contribution in [0.1, 0.15) is 54.2 Å². The van der Waals surface area contributed by atoms with E-state index in [2.05, 4.69) is 31.4 Å². The molecule has 2 N–H and O–H groups in total. The average molecular weight is 455 g/mol. The summed E-state index contributed by atoms with van der Waals surface area (Å²) in [5.74, 6) is -0.900. The Morgan fingerprint density at radius 3 is 1.50 bits per heavy atom. The molecule has 0 aromatic heterocycles. The third-order valence-corrected chi connectivity index (χ3v) is 5.84. The van der Waals surface area contributed by atoms with Crippen LogP contribution in [0.3, 0.4) is 0 Å². The van der Waals surface area contributed by atoms with E-state index in [-0.39, 0.29) is 11.0 Å². The number of nitrogens with one attached hydrogen (secondary N) is 2. The molecule has 0 saturated heterocycles. The molecule has 0 heterocycles. The first kappa shape index (κ1) is 25.0. The maximum Gasteiger partial charge on any atom is 0.261 e. The molecule has 0 saturated carbocycles. The van der Waals surface area contributed by atoms with E-state index in [9.17, 15) is 9.59 Å². The van der Waals surface area contributed by atoms with Crippen LogP contribution in [0.25, 0.3) is 6.08 Å². The summed E-state index contributed by atoms with van der Waals surface area (Å²) >= 11 is 0. The number of rotatable bonds is 5.